The standard InChI is InChI=1S/C25H27N5O3/c1-33-21-9-8-19(14-20(21)29-16-18-6-4-11-27-15-18)23(31)30-13-5-10-25(17-30,24(26)32)22-7-2-3-12-28-22/h2-4,6-9,11-12,14-15,29H,5,10,13,16-17H2,1H3,(H2,26,32). The summed E-state index contributed by atoms with van der Waals surface area (Å²) in [5.74, 6) is 0.00430. The predicted molar refractivity (Wildman–Crippen MR) is 125 cm³/mol. The first-order valence-corrected chi connectivity index (χ1v) is 10.8. The lowest BCUT2D eigenvalue weighted by atomic mass is 9.76. The van der Waals surface area contributed by atoms with Crippen molar-refractivity contribution in [1.82, 2.24) is 14.9 Å². The van der Waals surface area contributed by atoms with E-state index in [0.717, 1.165) is 5.56 Å². The molecule has 1 fully saturated rings. The molecule has 0 saturated carbocycles. The van der Waals surface area contributed by atoms with Gasteiger partial charge in [-0.25, -0.2) is 0 Å². The minimum atomic E-state index is -0.997. The molecule has 8 heteroatoms. The van der Waals surface area contributed by atoms with Crippen molar-refractivity contribution in [2.75, 3.05) is 25.5 Å². The number of aromatic nitrogens is 2. The van der Waals surface area contributed by atoms with Gasteiger partial charge in [0, 0.05) is 43.8 Å². The largest absolute Gasteiger partial charge is 0.495 e. The van der Waals surface area contributed by atoms with Crippen LogP contribution in [0.3, 0.4) is 0 Å². The number of carbonyl (C=O) groups is 2. The number of carbonyl (C=O) groups excluding carboxylic acids is 2. The summed E-state index contributed by atoms with van der Waals surface area (Å²) in [5.41, 5.74) is 7.66. The molecule has 1 atom stereocenters. The molecule has 0 aliphatic carbocycles. The number of nitrogens with zero attached hydrogens (tertiary/aromatic N) is 3. The van der Waals surface area contributed by atoms with E-state index in [1.165, 1.54) is 0 Å². The maximum Gasteiger partial charge on any atom is 0.253 e. The number of pyridine rings is 2. The van der Waals surface area contributed by atoms with Crippen LogP contribution >= 0.6 is 0 Å². The fourth-order valence-electron chi connectivity index (χ4n) is 4.27. The summed E-state index contributed by atoms with van der Waals surface area (Å²) in [4.78, 5) is 36.2. The molecule has 170 valence electrons. The summed E-state index contributed by atoms with van der Waals surface area (Å²) >= 11 is 0. The summed E-state index contributed by atoms with van der Waals surface area (Å²) < 4.78 is 5.46. The number of anilines is 1. The van der Waals surface area contributed by atoms with Gasteiger partial charge >= 0.3 is 0 Å². The zero-order valence-corrected chi connectivity index (χ0v) is 18.5. The molecule has 3 heterocycles. The molecule has 4 rings (SSSR count). The number of hydrogen-bond donors (Lipinski definition) is 2. The number of rotatable bonds is 7. The number of hydrogen-bond acceptors (Lipinski definition) is 6. The highest BCUT2D eigenvalue weighted by Gasteiger charge is 2.44. The third-order valence-electron chi connectivity index (χ3n) is 6.06. The molecule has 3 aromatic rings. The molecule has 33 heavy (non-hydrogen) atoms. The minimum Gasteiger partial charge on any atom is -0.495 e. The van der Waals surface area contributed by atoms with Gasteiger partial charge in [0.15, 0.2) is 0 Å². The van der Waals surface area contributed by atoms with Crippen LogP contribution in [0, 0.1) is 0 Å². The number of nitrogens with one attached hydrogen (secondary N) is 1. The Hall–Kier alpha value is -3.94. The summed E-state index contributed by atoms with van der Waals surface area (Å²) in [6, 6.07) is 14.5. The van der Waals surface area contributed by atoms with E-state index in [0.29, 0.717) is 48.6 Å². The molecule has 1 aliphatic rings. The smallest absolute Gasteiger partial charge is 0.253 e. The Kier molecular flexibility index (Phi) is 6.53. The molecule has 8 nitrogen and oxygen atoms in total. The van der Waals surface area contributed by atoms with E-state index in [4.69, 9.17) is 10.5 Å². The Bertz CT molecular complexity index is 1120. The highest BCUT2D eigenvalue weighted by Crippen LogP contribution is 2.34. The summed E-state index contributed by atoms with van der Waals surface area (Å²) in [6.07, 6.45) is 6.37. The van der Waals surface area contributed by atoms with Gasteiger partial charge in [-0.2, -0.15) is 0 Å². The van der Waals surface area contributed by atoms with Gasteiger partial charge in [0.25, 0.3) is 5.91 Å². The predicted octanol–water partition coefficient (Wildman–Crippen LogP) is 2.76. The van der Waals surface area contributed by atoms with Crippen LogP contribution in [-0.4, -0.2) is 46.9 Å². The molecule has 2 aromatic heterocycles. The highest BCUT2D eigenvalue weighted by molar-refractivity contribution is 5.97. The average Bonchev–Trinajstić information content (AvgIpc) is 2.88. The molecule has 1 unspecified atom stereocenters. The number of nitrogens with two attached hydrogens (primary N) is 1. The maximum absolute atomic E-state index is 13.4. The third-order valence-corrected chi connectivity index (χ3v) is 6.06. The molecular weight excluding hydrogens is 418 g/mol. The van der Waals surface area contributed by atoms with Crippen molar-refractivity contribution < 1.29 is 14.3 Å². The Labute approximate surface area is 192 Å². The second-order valence-corrected chi connectivity index (χ2v) is 8.12. The van der Waals surface area contributed by atoms with Gasteiger partial charge in [0.2, 0.25) is 5.91 Å². The van der Waals surface area contributed by atoms with E-state index < -0.39 is 11.3 Å². The van der Waals surface area contributed by atoms with Gasteiger partial charge in [0.05, 0.1) is 18.5 Å². The van der Waals surface area contributed by atoms with Crippen molar-refractivity contribution in [2.24, 2.45) is 5.73 Å². The first kappa shape index (κ1) is 22.3. The number of primary amides is 1. The summed E-state index contributed by atoms with van der Waals surface area (Å²) in [5, 5.41) is 3.32. The van der Waals surface area contributed by atoms with Gasteiger partial charge in [-0.05, 0) is 54.8 Å². The van der Waals surface area contributed by atoms with Crippen molar-refractivity contribution in [3.8, 4) is 5.75 Å². The number of methoxy groups -OCH3 is 1. The zero-order chi connectivity index (χ0) is 23.3. The SMILES string of the molecule is COc1ccc(C(=O)N2CCCC(C(N)=O)(c3ccccn3)C2)cc1NCc1cccnc1. The molecule has 2 amide bonds. The fraction of sp³-hybridized carbons (Fsp3) is 0.280. The van der Waals surface area contributed by atoms with Crippen molar-refractivity contribution in [3.05, 3.63) is 83.9 Å². The Balaban J connectivity index is 1.57. The number of likely N-dealkylation sites (tertiary alicyclic amines) is 1. The quantitative estimate of drug-likeness (QED) is 0.579. The Morgan fingerprint density at radius 1 is 1.18 bits per heavy atom. The number of piperidine rings is 1. The molecule has 0 spiro atoms. The topological polar surface area (TPSA) is 110 Å². The van der Waals surface area contributed by atoms with Crippen LogP contribution in [-0.2, 0) is 16.8 Å². The highest BCUT2D eigenvalue weighted by atomic mass is 16.5. The van der Waals surface area contributed by atoms with E-state index in [1.54, 1.807) is 60.9 Å². The van der Waals surface area contributed by atoms with Gasteiger partial charge in [-0.3, -0.25) is 19.6 Å². The van der Waals surface area contributed by atoms with Crippen LogP contribution in [0.25, 0.3) is 0 Å². The average molecular weight is 446 g/mol. The molecule has 3 N–H and O–H groups in total. The van der Waals surface area contributed by atoms with Crippen molar-refractivity contribution in [2.45, 2.75) is 24.8 Å². The van der Waals surface area contributed by atoms with E-state index in [1.807, 2.05) is 18.2 Å². The van der Waals surface area contributed by atoms with Gasteiger partial charge in [-0.1, -0.05) is 12.1 Å². The second kappa shape index (κ2) is 9.68. The number of benzene rings is 1. The molecule has 1 aromatic carbocycles. The van der Waals surface area contributed by atoms with Crippen molar-refractivity contribution in [1.29, 1.82) is 0 Å². The lowest BCUT2D eigenvalue weighted by molar-refractivity contribution is -0.125. The monoisotopic (exact) mass is 445 g/mol. The third kappa shape index (κ3) is 4.64. The van der Waals surface area contributed by atoms with Crippen molar-refractivity contribution >= 4 is 17.5 Å². The van der Waals surface area contributed by atoms with Gasteiger partial charge in [0.1, 0.15) is 11.2 Å². The van der Waals surface area contributed by atoms with Crippen LogP contribution < -0.4 is 15.8 Å². The van der Waals surface area contributed by atoms with Gasteiger partial charge in [-0.15, -0.1) is 0 Å². The second-order valence-electron chi connectivity index (χ2n) is 8.12. The minimum absolute atomic E-state index is 0.164. The normalized spacial score (nSPS) is 17.9. The lowest BCUT2D eigenvalue weighted by Crippen LogP contribution is -2.55. The molecule has 0 radical (unpaired) electrons. The maximum atomic E-state index is 13.4. The van der Waals surface area contributed by atoms with Crippen LogP contribution in [0.1, 0.15) is 34.5 Å². The first-order chi connectivity index (χ1) is 16.0. The Morgan fingerprint density at radius 3 is 2.76 bits per heavy atom. The van der Waals surface area contributed by atoms with E-state index in [2.05, 4.69) is 15.3 Å². The zero-order valence-electron chi connectivity index (χ0n) is 18.5. The van der Waals surface area contributed by atoms with E-state index >= 15 is 0 Å². The van der Waals surface area contributed by atoms with E-state index in [9.17, 15) is 9.59 Å². The number of amides is 2. The summed E-state index contributed by atoms with van der Waals surface area (Å²) in [6.45, 7) is 1.28. The summed E-state index contributed by atoms with van der Waals surface area (Å²) in [7, 11) is 1.59. The molecule has 0 bridgehead atoms. The van der Waals surface area contributed by atoms with Gasteiger partial charge < -0.3 is 20.7 Å². The first-order valence-electron chi connectivity index (χ1n) is 10.8. The lowest BCUT2D eigenvalue weighted by Gasteiger charge is -2.40. The molecular formula is C25H27N5O3. The molecule has 1 saturated heterocycles. The van der Waals surface area contributed by atoms with Crippen molar-refractivity contribution in [3.63, 3.8) is 0 Å². The van der Waals surface area contributed by atoms with Crippen LogP contribution in [0.15, 0.2) is 67.1 Å². The fourth-order valence-corrected chi connectivity index (χ4v) is 4.27. The van der Waals surface area contributed by atoms with E-state index in [-0.39, 0.29) is 12.5 Å². The van der Waals surface area contributed by atoms with Crippen LogP contribution in [0.2, 0.25) is 0 Å². The van der Waals surface area contributed by atoms with Crippen LogP contribution in [0.5, 0.6) is 5.75 Å². The number of ether oxygens (including phenoxy) is 1. The molecule has 1 aliphatic heterocycles. The van der Waals surface area contributed by atoms with Crippen LogP contribution in [0.4, 0.5) is 5.69 Å². The Morgan fingerprint density at radius 2 is 2.06 bits per heavy atom.